The van der Waals surface area contributed by atoms with E-state index < -0.39 is 15.7 Å². The highest BCUT2D eigenvalue weighted by atomic mass is 32.2. The molecule has 0 amide bonds. The highest BCUT2D eigenvalue weighted by Gasteiger charge is 2.47. The lowest BCUT2D eigenvalue weighted by atomic mass is 10.00. The molecule has 0 aromatic heterocycles. The third-order valence-corrected chi connectivity index (χ3v) is 3.01. The van der Waals surface area contributed by atoms with Gasteiger partial charge in [0.1, 0.15) is 6.29 Å². The summed E-state index contributed by atoms with van der Waals surface area (Å²) < 4.78 is 26.9. The van der Waals surface area contributed by atoms with Crippen molar-refractivity contribution in [3.8, 4) is 0 Å². The largest absolute Gasteiger partial charge is 0.303 e. The zero-order chi connectivity index (χ0) is 10.8. The number of carbonyl (C=O) groups is 1. The number of carbonyl (C=O) groups excluding carboxylic acids is 1. The maximum absolute atomic E-state index is 10.9. The maximum atomic E-state index is 10.9. The van der Waals surface area contributed by atoms with Crippen LogP contribution in [0.2, 0.25) is 0 Å². The summed E-state index contributed by atoms with van der Waals surface area (Å²) in [6.45, 7) is 1.93. The molecular formula is C9H16O4S. The smallest absolute Gasteiger partial charge is 0.264 e. The zero-order valence-electron chi connectivity index (χ0n) is 8.52. The molecule has 1 aliphatic carbocycles. The van der Waals surface area contributed by atoms with Gasteiger partial charge in [0.2, 0.25) is 0 Å². The third-order valence-electron chi connectivity index (χ3n) is 2.35. The van der Waals surface area contributed by atoms with Crippen molar-refractivity contribution in [2.24, 2.45) is 5.92 Å². The fourth-order valence-electron chi connectivity index (χ4n) is 1.66. The number of aldehydes is 1. The van der Waals surface area contributed by atoms with Gasteiger partial charge >= 0.3 is 0 Å². The van der Waals surface area contributed by atoms with Crippen molar-refractivity contribution in [1.82, 2.24) is 0 Å². The van der Waals surface area contributed by atoms with E-state index >= 15 is 0 Å². The Morgan fingerprint density at radius 3 is 2.43 bits per heavy atom. The van der Waals surface area contributed by atoms with Gasteiger partial charge in [-0.3, -0.25) is 4.18 Å². The molecule has 0 radical (unpaired) electrons. The minimum atomic E-state index is -3.37. The molecule has 0 heterocycles. The SMILES string of the molecule is C[C@H](CC=O)CC1(OS(C)(=O)=O)CC1. The molecule has 0 bridgehead atoms. The number of rotatable bonds is 6. The molecule has 0 aliphatic heterocycles. The lowest BCUT2D eigenvalue weighted by molar-refractivity contribution is -0.108. The fourth-order valence-corrected chi connectivity index (χ4v) is 2.54. The Morgan fingerprint density at radius 2 is 2.07 bits per heavy atom. The maximum Gasteiger partial charge on any atom is 0.264 e. The van der Waals surface area contributed by atoms with Crippen LogP contribution in [0.5, 0.6) is 0 Å². The molecule has 5 heteroatoms. The first-order valence-electron chi connectivity index (χ1n) is 4.71. The van der Waals surface area contributed by atoms with E-state index in [9.17, 15) is 13.2 Å². The predicted octanol–water partition coefficient (Wildman–Crippen LogP) is 1.11. The van der Waals surface area contributed by atoms with Gasteiger partial charge in [-0.1, -0.05) is 6.92 Å². The van der Waals surface area contributed by atoms with E-state index in [0.29, 0.717) is 12.8 Å². The molecule has 1 fully saturated rings. The third kappa shape index (κ3) is 3.75. The lowest BCUT2D eigenvalue weighted by Crippen LogP contribution is -2.21. The average Bonchev–Trinajstić information content (AvgIpc) is 2.64. The molecule has 0 unspecified atom stereocenters. The number of hydrogen-bond acceptors (Lipinski definition) is 4. The second-order valence-corrected chi connectivity index (χ2v) is 5.76. The summed E-state index contributed by atoms with van der Waals surface area (Å²) in [5, 5.41) is 0. The van der Waals surface area contributed by atoms with Gasteiger partial charge in [0, 0.05) is 6.42 Å². The van der Waals surface area contributed by atoms with Crippen molar-refractivity contribution in [2.45, 2.75) is 38.2 Å². The van der Waals surface area contributed by atoms with Crippen LogP contribution in [-0.2, 0) is 19.1 Å². The first-order chi connectivity index (χ1) is 6.37. The van der Waals surface area contributed by atoms with Crippen molar-refractivity contribution in [2.75, 3.05) is 6.26 Å². The average molecular weight is 220 g/mol. The van der Waals surface area contributed by atoms with Crippen LogP contribution in [0.3, 0.4) is 0 Å². The summed E-state index contributed by atoms with van der Waals surface area (Å²) in [7, 11) is -3.37. The second kappa shape index (κ2) is 3.98. The van der Waals surface area contributed by atoms with Gasteiger partial charge in [0.15, 0.2) is 0 Å². The normalized spacial score (nSPS) is 21.6. The Kier molecular flexibility index (Phi) is 3.32. The molecule has 14 heavy (non-hydrogen) atoms. The Hall–Kier alpha value is -0.420. The van der Waals surface area contributed by atoms with Crippen LogP contribution >= 0.6 is 0 Å². The van der Waals surface area contributed by atoms with Crippen LogP contribution in [0.1, 0.15) is 32.6 Å². The van der Waals surface area contributed by atoms with Crippen LogP contribution in [0.25, 0.3) is 0 Å². The van der Waals surface area contributed by atoms with Gasteiger partial charge in [-0.25, -0.2) is 0 Å². The van der Waals surface area contributed by atoms with Gasteiger partial charge in [0.25, 0.3) is 10.1 Å². The molecule has 1 saturated carbocycles. The summed E-state index contributed by atoms with van der Waals surface area (Å²) in [4.78, 5) is 10.2. The molecule has 0 aromatic carbocycles. The van der Waals surface area contributed by atoms with Gasteiger partial charge in [0.05, 0.1) is 11.9 Å². The van der Waals surface area contributed by atoms with E-state index in [1.165, 1.54) is 0 Å². The van der Waals surface area contributed by atoms with Crippen LogP contribution in [-0.4, -0.2) is 26.6 Å². The molecule has 0 saturated heterocycles. The molecule has 0 N–H and O–H groups in total. The molecule has 0 aromatic rings. The highest BCUT2D eigenvalue weighted by molar-refractivity contribution is 7.86. The Bertz CT molecular complexity index is 303. The summed E-state index contributed by atoms with van der Waals surface area (Å²) >= 11 is 0. The Balaban J connectivity index is 2.47. The van der Waals surface area contributed by atoms with Gasteiger partial charge in [-0.15, -0.1) is 0 Å². The van der Waals surface area contributed by atoms with Crippen LogP contribution in [0, 0.1) is 5.92 Å². The fraction of sp³-hybridized carbons (Fsp3) is 0.889. The predicted molar refractivity (Wildman–Crippen MR) is 52.4 cm³/mol. The van der Waals surface area contributed by atoms with Crippen LogP contribution in [0.15, 0.2) is 0 Å². The molecular weight excluding hydrogens is 204 g/mol. The molecule has 4 nitrogen and oxygen atoms in total. The summed E-state index contributed by atoms with van der Waals surface area (Å²) in [6.07, 6.45) is 4.61. The second-order valence-electron chi connectivity index (χ2n) is 4.18. The van der Waals surface area contributed by atoms with E-state index in [0.717, 1.165) is 25.4 Å². The first kappa shape index (κ1) is 11.7. The van der Waals surface area contributed by atoms with E-state index in [1.54, 1.807) is 0 Å². The highest BCUT2D eigenvalue weighted by Crippen LogP contribution is 2.46. The quantitative estimate of drug-likeness (QED) is 0.497. The van der Waals surface area contributed by atoms with Crippen LogP contribution in [0.4, 0.5) is 0 Å². The van der Waals surface area contributed by atoms with Gasteiger partial charge in [-0.2, -0.15) is 8.42 Å². The zero-order valence-corrected chi connectivity index (χ0v) is 9.34. The van der Waals surface area contributed by atoms with Crippen molar-refractivity contribution >= 4 is 16.4 Å². The summed E-state index contributed by atoms with van der Waals surface area (Å²) in [6, 6.07) is 0. The lowest BCUT2D eigenvalue weighted by Gasteiger charge is -2.17. The van der Waals surface area contributed by atoms with Crippen molar-refractivity contribution < 1.29 is 17.4 Å². The standard InChI is InChI=1S/C9H16O4S/c1-8(3-6-10)7-9(4-5-9)13-14(2,11)12/h6,8H,3-5,7H2,1-2H3/t8-/m1/s1. The van der Waals surface area contributed by atoms with Gasteiger partial charge < -0.3 is 4.79 Å². The molecule has 1 rings (SSSR count). The van der Waals surface area contributed by atoms with E-state index in [1.807, 2.05) is 6.92 Å². The molecule has 82 valence electrons. The Labute approximate surface area is 84.8 Å². The minimum Gasteiger partial charge on any atom is -0.303 e. The van der Waals surface area contributed by atoms with E-state index in [-0.39, 0.29) is 5.92 Å². The van der Waals surface area contributed by atoms with E-state index in [2.05, 4.69) is 0 Å². The van der Waals surface area contributed by atoms with Gasteiger partial charge in [-0.05, 0) is 25.2 Å². The molecule has 0 spiro atoms. The van der Waals surface area contributed by atoms with Crippen molar-refractivity contribution in [1.29, 1.82) is 0 Å². The topological polar surface area (TPSA) is 60.4 Å². The summed E-state index contributed by atoms with van der Waals surface area (Å²) in [5.41, 5.74) is -0.490. The van der Waals surface area contributed by atoms with Crippen molar-refractivity contribution in [3.63, 3.8) is 0 Å². The summed E-state index contributed by atoms with van der Waals surface area (Å²) in [5.74, 6) is 0.191. The first-order valence-corrected chi connectivity index (χ1v) is 6.53. The minimum absolute atomic E-state index is 0.191. The van der Waals surface area contributed by atoms with E-state index in [4.69, 9.17) is 4.18 Å². The monoisotopic (exact) mass is 220 g/mol. The number of hydrogen-bond donors (Lipinski definition) is 0. The van der Waals surface area contributed by atoms with Crippen LogP contribution < -0.4 is 0 Å². The molecule has 1 aliphatic rings. The molecule has 1 atom stereocenters. The Morgan fingerprint density at radius 1 is 1.50 bits per heavy atom. The van der Waals surface area contributed by atoms with Crippen molar-refractivity contribution in [3.05, 3.63) is 0 Å².